The molecule has 2 aromatic rings. The number of hydrogen-bond acceptors (Lipinski definition) is 6. The maximum atomic E-state index is 10.6. The molecular weight excluding hydrogens is 336 g/mol. The lowest BCUT2D eigenvalue weighted by molar-refractivity contribution is -0.384. The average molecular weight is 356 g/mol. The molecule has 0 unspecified atom stereocenters. The van der Waals surface area contributed by atoms with E-state index in [9.17, 15) is 14.9 Å². The zero-order valence-electron chi connectivity index (χ0n) is 14.4. The third kappa shape index (κ3) is 5.66. The summed E-state index contributed by atoms with van der Waals surface area (Å²) < 4.78 is 0. The Morgan fingerprint density at radius 3 is 2.08 bits per heavy atom. The van der Waals surface area contributed by atoms with Gasteiger partial charge in [0.1, 0.15) is 0 Å². The highest BCUT2D eigenvalue weighted by atomic mass is 16.6. The van der Waals surface area contributed by atoms with Gasteiger partial charge in [-0.15, -0.1) is 0 Å². The molecule has 2 rings (SSSR count). The summed E-state index contributed by atoms with van der Waals surface area (Å²) in [4.78, 5) is 22.9. The highest BCUT2D eigenvalue weighted by Crippen LogP contribution is 2.23. The predicted octanol–water partition coefficient (Wildman–Crippen LogP) is 4.70. The van der Waals surface area contributed by atoms with E-state index in [0.29, 0.717) is 24.3 Å². The highest BCUT2D eigenvalue weighted by Gasteiger charge is 2.06. The molecule has 26 heavy (non-hydrogen) atoms. The van der Waals surface area contributed by atoms with Crippen LogP contribution in [-0.4, -0.2) is 29.1 Å². The molecule has 0 amide bonds. The average Bonchev–Trinajstić information content (AvgIpc) is 2.64. The fourth-order valence-corrected chi connectivity index (χ4v) is 2.38. The van der Waals surface area contributed by atoms with E-state index in [1.54, 1.807) is 0 Å². The van der Waals surface area contributed by atoms with Gasteiger partial charge < -0.3 is 10.0 Å². The second kappa shape index (κ2) is 9.26. The van der Waals surface area contributed by atoms with E-state index in [0.717, 1.165) is 12.2 Å². The van der Waals surface area contributed by atoms with Crippen molar-refractivity contribution in [2.45, 2.75) is 19.8 Å². The van der Waals surface area contributed by atoms with Gasteiger partial charge >= 0.3 is 5.97 Å². The third-order valence-electron chi connectivity index (χ3n) is 3.76. The molecule has 0 heterocycles. The van der Waals surface area contributed by atoms with E-state index in [4.69, 9.17) is 5.11 Å². The molecule has 0 aromatic heterocycles. The molecule has 136 valence electrons. The minimum Gasteiger partial charge on any atom is -0.481 e. The lowest BCUT2D eigenvalue weighted by Gasteiger charge is -2.22. The third-order valence-corrected chi connectivity index (χ3v) is 3.76. The summed E-state index contributed by atoms with van der Waals surface area (Å²) in [5.41, 5.74) is 2.19. The van der Waals surface area contributed by atoms with Crippen molar-refractivity contribution in [1.29, 1.82) is 0 Å². The Morgan fingerprint density at radius 1 is 1.08 bits per heavy atom. The van der Waals surface area contributed by atoms with E-state index in [2.05, 4.69) is 15.1 Å². The van der Waals surface area contributed by atoms with Gasteiger partial charge in [0, 0.05) is 37.3 Å². The van der Waals surface area contributed by atoms with Crippen LogP contribution in [0.15, 0.2) is 58.8 Å². The summed E-state index contributed by atoms with van der Waals surface area (Å²) >= 11 is 0. The normalized spacial score (nSPS) is 10.8. The number of anilines is 1. The number of nitro benzene ring substituents is 1. The number of hydrogen-bond donors (Lipinski definition) is 1. The Bertz CT molecular complexity index is 773. The van der Waals surface area contributed by atoms with Crippen molar-refractivity contribution < 1.29 is 14.8 Å². The van der Waals surface area contributed by atoms with Gasteiger partial charge in [-0.3, -0.25) is 14.9 Å². The summed E-state index contributed by atoms with van der Waals surface area (Å²) in [6.45, 7) is 3.47. The van der Waals surface area contributed by atoms with Gasteiger partial charge in [0.25, 0.3) is 5.69 Å². The van der Waals surface area contributed by atoms with Crippen molar-refractivity contribution in [1.82, 2.24) is 0 Å². The first-order valence-corrected chi connectivity index (χ1v) is 8.22. The number of carboxylic acids is 1. The number of nitro groups is 1. The molecule has 0 spiro atoms. The number of carbonyl (C=O) groups is 1. The van der Waals surface area contributed by atoms with Gasteiger partial charge in [0.15, 0.2) is 0 Å². The molecule has 8 nitrogen and oxygen atoms in total. The number of azo groups is 1. The zero-order valence-corrected chi connectivity index (χ0v) is 14.4. The molecule has 0 aliphatic rings. The van der Waals surface area contributed by atoms with Crippen LogP contribution >= 0.6 is 0 Å². The van der Waals surface area contributed by atoms with Crippen molar-refractivity contribution in [3.05, 3.63) is 58.6 Å². The van der Waals surface area contributed by atoms with Crippen LogP contribution in [0, 0.1) is 10.1 Å². The first kappa shape index (κ1) is 19.0. The molecule has 0 fully saturated rings. The molecule has 2 aromatic carbocycles. The van der Waals surface area contributed by atoms with Crippen LogP contribution in [0.25, 0.3) is 0 Å². The van der Waals surface area contributed by atoms with Gasteiger partial charge in [-0.25, -0.2) is 0 Å². The Hall–Kier alpha value is -3.29. The standard InChI is InChI=1S/C18H20N4O4/c1-2-21(13-3-4-18(23)24)16-9-5-14(6-10-16)19-20-15-7-11-17(12-8-15)22(25)26/h5-12H,2-4,13H2,1H3,(H,23,24). The highest BCUT2D eigenvalue weighted by molar-refractivity contribution is 5.66. The van der Waals surface area contributed by atoms with Crippen molar-refractivity contribution in [3.63, 3.8) is 0 Å². The zero-order chi connectivity index (χ0) is 18.9. The Balaban J connectivity index is 1.99. The molecule has 0 saturated carbocycles. The Kier molecular flexibility index (Phi) is 6.78. The number of aliphatic carboxylic acids is 1. The summed E-state index contributed by atoms with van der Waals surface area (Å²) in [6.07, 6.45) is 0.739. The van der Waals surface area contributed by atoms with E-state index in [1.807, 2.05) is 31.2 Å². The molecule has 0 bridgehead atoms. The molecule has 0 saturated heterocycles. The molecule has 0 aliphatic heterocycles. The van der Waals surface area contributed by atoms with Gasteiger partial charge in [-0.2, -0.15) is 10.2 Å². The summed E-state index contributed by atoms with van der Waals surface area (Å²) in [7, 11) is 0. The minimum atomic E-state index is -0.789. The van der Waals surface area contributed by atoms with Crippen LogP contribution in [0.1, 0.15) is 19.8 Å². The quantitative estimate of drug-likeness (QED) is 0.398. The van der Waals surface area contributed by atoms with Crippen LogP contribution in [0.4, 0.5) is 22.7 Å². The molecular formula is C18H20N4O4. The fraction of sp³-hybridized carbons (Fsp3) is 0.278. The maximum Gasteiger partial charge on any atom is 0.303 e. The number of benzene rings is 2. The molecule has 8 heteroatoms. The second-order valence-corrected chi connectivity index (χ2v) is 5.57. The SMILES string of the molecule is CCN(CCCC(=O)O)c1ccc(N=Nc2ccc([N+](=O)[O-])cc2)cc1. The van der Waals surface area contributed by atoms with Crippen molar-refractivity contribution in [3.8, 4) is 0 Å². The molecule has 0 aliphatic carbocycles. The largest absolute Gasteiger partial charge is 0.481 e. The summed E-state index contributed by atoms with van der Waals surface area (Å²) in [6, 6.07) is 13.3. The van der Waals surface area contributed by atoms with E-state index >= 15 is 0 Å². The van der Waals surface area contributed by atoms with Crippen LogP contribution < -0.4 is 4.90 Å². The number of rotatable bonds is 9. The number of nitrogens with zero attached hydrogens (tertiary/aromatic N) is 4. The smallest absolute Gasteiger partial charge is 0.303 e. The lowest BCUT2D eigenvalue weighted by atomic mass is 10.2. The summed E-state index contributed by atoms with van der Waals surface area (Å²) in [5.74, 6) is -0.789. The van der Waals surface area contributed by atoms with Crippen LogP contribution in [0.5, 0.6) is 0 Å². The molecule has 1 N–H and O–H groups in total. The van der Waals surface area contributed by atoms with Crippen LogP contribution in [0.2, 0.25) is 0 Å². The number of carboxylic acid groups (broad SMARTS) is 1. The van der Waals surface area contributed by atoms with Gasteiger partial charge in [0.2, 0.25) is 0 Å². The van der Waals surface area contributed by atoms with Gasteiger partial charge in [0.05, 0.1) is 16.3 Å². The topological polar surface area (TPSA) is 108 Å². The molecule has 0 radical (unpaired) electrons. The van der Waals surface area contributed by atoms with E-state index < -0.39 is 10.9 Å². The van der Waals surface area contributed by atoms with Crippen molar-refractivity contribution >= 4 is 28.7 Å². The Morgan fingerprint density at radius 2 is 1.62 bits per heavy atom. The minimum absolute atomic E-state index is 0.0101. The van der Waals surface area contributed by atoms with E-state index in [-0.39, 0.29) is 12.1 Å². The second-order valence-electron chi connectivity index (χ2n) is 5.57. The van der Waals surface area contributed by atoms with Gasteiger partial charge in [-0.1, -0.05) is 0 Å². The van der Waals surface area contributed by atoms with E-state index in [1.165, 1.54) is 24.3 Å². The van der Waals surface area contributed by atoms with Crippen molar-refractivity contribution in [2.75, 3.05) is 18.0 Å². The van der Waals surface area contributed by atoms with Crippen LogP contribution in [0.3, 0.4) is 0 Å². The predicted molar refractivity (Wildman–Crippen MR) is 98.5 cm³/mol. The summed E-state index contributed by atoms with van der Waals surface area (Å²) in [5, 5.41) is 27.5. The maximum absolute atomic E-state index is 10.6. The van der Waals surface area contributed by atoms with Crippen molar-refractivity contribution in [2.24, 2.45) is 10.2 Å². The monoisotopic (exact) mass is 356 g/mol. The Labute approximate surface area is 150 Å². The first-order chi connectivity index (χ1) is 12.5. The fourth-order valence-electron chi connectivity index (χ4n) is 2.38. The molecule has 0 atom stereocenters. The van der Waals surface area contributed by atoms with Gasteiger partial charge in [-0.05, 0) is 49.7 Å². The first-order valence-electron chi connectivity index (χ1n) is 8.22. The number of non-ortho nitro benzene ring substituents is 1. The lowest BCUT2D eigenvalue weighted by Crippen LogP contribution is -2.24. The van der Waals surface area contributed by atoms with Crippen LogP contribution in [-0.2, 0) is 4.79 Å².